The maximum absolute atomic E-state index is 11.3. The predicted octanol–water partition coefficient (Wildman–Crippen LogP) is 2.02. The highest BCUT2D eigenvalue weighted by Crippen LogP contribution is 2.31. The van der Waals surface area contributed by atoms with Crippen LogP contribution in [0.25, 0.3) is 0 Å². The summed E-state index contributed by atoms with van der Waals surface area (Å²) in [6, 6.07) is 1.88. The van der Waals surface area contributed by atoms with Gasteiger partial charge in [0.05, 0.1) is 6.10 Å². The van der Waals surface area contributed by atoms with Gasteiger partial charge in [-0.3, -0.25) is 4.79 Å². The SMILES string of the molecule is CC(C)(C)c1cnc(C(N)=O)c(OC2CC2)c1. The number of ether oxygens (including phenoxy) is 1. The largest absolute Gasteiger partial charge is 0.488 e. The number of hydrogen-bond acceptors (Lipinski definition) is 3. The Morgan fingerprint density at radius 3 is 2.59 bits per heavy atom. The van der Waals surface area contributed by atoms with Gasteiger partial charge in [0.2, 0.25) is 0 Å². The van der Waals surface area contributed by atoms with Crippen molar-refractivity contribution in [2.45, 2.75) is 45.1 Å². The summed E-state index contributed by atoms with van der Waals surface area (Å²) in [4.78, 5) is 15.4. The molecule has 1 aromatic rings. The van der Waals surface area contributed by atoms with Crippen molar-refractivity contribution in [1.29, 1.82) is 0 Å². The van der Waals surface area contributed by atoms with Gasteiger partial charge in [0.25, 0.3) is 5.91 Å². The molecule has 0 unspecified atom stereocenters. The van der Waals surface area contributed by atoms with Crippen LogP contribution in [0.15, 0.2) is 12.3 Å². The molecule has 0 aliphatic heterocycles. The van der Waals surface area contributed by atoms with Gasteiger partial charge in [0.1, 0.15) is 0 Å². The smallest absolute Gasteiger partial charge is 0.271 e. The van der Waals surface area contributed by atoms with Crippen molar-refractivity contribution in [1.82, 2.24) is 4.98 Å². The lowest BCUT2D eigenvalue weighted by atomic mass is 9.88. The molecule has 2 rings (SSSR count). The zero-order valence-corrected chi connectivity index (χ0v) is 10.5. The molecule has 0 atom stereocenters. The van der Waals surface area contributed by atoms with E-state index in [0.717, 1.165) is 18.4 Å². The first-order chi connectivity index (χ1) is 7.88. The van der Waals surface area contributed by atoms with Gasteiger partial charge in [-0.1, -0.05) is 20.8 Å². The summed E-state index contributed by atoms with van der Waals surface area (Å²) >= 11 is 0. The summed E-state index contributed by atoms with van der Waals surface area (Å²) in [7, 11) is 0. The van der Waals surface area contributed by atoms with Crippen LogP contribution in [0.4, 0.5) is 0 Å². The van der Waals surface area contributed by atoms with Crippen molar-refractivity contribution in [2.24, 2.45) is 5.73 Å². The fourth-order valence-electron chi connectivity index (χ4n) is 1.50. The van der Waals surface area contributed by atoms with Crippen molar-refractivity contribution in [3.8, 4) is 5.75 Å². The van der Waals surface area contributed by atoms with Gasteiger partial charge in [-0.05, 0) is 29.9 Å². The minimum atomic E-state index is -0.541. The van der Waals surface area contributed by atoms with Crippen LogP contribution in [0.5, 0.6) is 5.75 Å². The molecule has 2 N–H and O–H groups in total. The molecule has 1 fully saturated rings. The standard InChI is InChI=1S/C13H18N2O2/c1-13(2,3)8-6-10(17-9-4-5-9)11(12(14)16)15-7-8/h6-7,9H,4-5H2,1-3H3,(H2,14,16). The third-order valence-corrected chi connectivity index (χ3v) is 2.77. The van der Waals surface area contributed by atoms with Crippen LogP contribution in [-0.2, 0) is 5.41 Å². The van der Waals surface area contributed by atoms with Gasteiger partial charge in [-0.25, -0.2) is 4.98 Å². The summed E-state index contributed by atoms with van der Waals surface area (Å²) in [5.74, 6) is -0.0199. The lowest BCUT2D eigenvalue weighted by molar-refractivity contribution is 0.0990. The molecular weight excluding hydrogens is 216 g/mol. The number of nitrogens with zero attached hydrogens (tertiary/aromatic N) is 1. The minimum absolute atomic E-state index is 0.0230. The van der Waals surface area contributed by atoms with E-state index in [1.807, 2.05) is 6.07 Å². The number of nitrogens with two attached hydrogens (primary N) is 1. The Morgan fingerprint density at radius 1 is 1.47 bits per heavy atom. The van der Waals surface area contributed by atoms with Crippen LogP contribution < -0.4 is 10.5 Å². The first-order valence-corrected chi connectivity index (χ1v) is 5.85. The molecule has 1 amide bonds. The number of rotatable bonds is 3. The summed E-state index contributed by atoms with van der Waals surface area (Å²) in [5.41, 5.74) is 6.53. The Balaban J connectivity index is 2.38. The van der Waals surface area contributed by atoms with E-state index in [1.54, 1.807) is 6.20 Å². The molecule has 0 aromatic carbocycles. The van der Waals surface area contributed by atoms with E-state index < -0.39 is 5.91 Å². The Bertz CT molecular complexity index is 445. The van der Waals surface area contributed by atoms with Crippen molar-refractivity contribution in [3.63, 3.8) is 0 Å². The number of primary amides is 1. The highest BCUT2D eigenvalue weighted by molar-refractivity contribution is 5.93. The van der Waals surface area contributed by atoms with Crippen LogP contribution in [0, 0.1) is 0 Å². The van der Waals surface area contributed by atoms with E-state index in [-0.39, 0.29) is 17.2 Å². The number of hydrogen-bond donors (Lipinski definition) is 1. The van der Waals surface area contributed by atoms with Crippen LogP contribution in [0.2, 0.25) is 0 Å². The molecule has 0 bridgehead atoms. The molecule has 1 aliphatic carbocycles. The van der Waals surface area contributed by atoms with E-state index in [2.05, 4.69) is 25.8 Å². The maximum Gasteiger partial charge on any atom is 0.271 e. The van der Waals surface area contributed by atoms with E-state index >= 15 is 0 Å². The third-order valence-electron chi connectivity index (χ3n) is 2.77. The highest BCUT2D eigenvalue weighted by Gasteiger charge is 2.27. The summed E-state index contributed by atoms with van der Waals surface area (Å²) < 4.78 is 5.69. The first kappa shape index (κ1) is 11.9. The monoisotopic (exact) mass is 234 g/mol. The fraction of sp³-hybridized carbons (Fsp3) is 0.538. The molecule has 0 radical (unpaired) electrons. The van der Waals surface area contributed by atoms with Gasteiger partial charge in [-0.2, -0.15) is 0 Å². The zero-order chi connectivity index (χ0) is 12.6. The number of carbonyl (C=O) groups is 1. The normalized spacial score (nSPS) is 15.7. The van der Waals surface area contributed by atoms with Gasteiger partial charge in [0, 0.05) is 6.20 Å². The molecule has 1 heterocycles. The van der Waals surface area contributed by atoms with Crippen LogP contribution in [0.3, 0.4) is 0 Å². The molecule has 1 aliphatic rings. The fourth-order valence-corrected chi connectivity index (χ4v) is 1.50. The molecule has 4 heteroatoms. The van der Waals surface area contributed by atoms with Crippen molar-refractivity contribution >= 4 is 5.91 Å². The van der Waals surface area contributed by atoms with Crippen molar-refractivity contribution < 1.29 is 9.53 Å². The second-order valence-electron chi connectivity index (χ2n) is 5.50. The zero-order valence-electron chi connectivity index (χ0n) is 10.5. The topological polar surface area (TPSA) is 65.2 Å². The van der Waals surface area contributed by atoms with Gasteiger partial charge in [0.15, 0.2) is 11.4 Å². The molecule has 1 saturated carbocycles. The quantitative estimate of drug-likeness (QED) is 0.870. The van der Waals surface area contributed by atoms with E-state index in [0.29, 0.717) is 5.75 Å². The Hall–Kier alpha value is -1.58. The molecular formula is C13H18N2O2. The van der Waals surface area contributed by atoms with E-state index in [4.69, 9.17) is 10.5 Å². The van der Waals surface area contributed by atoms with Crippen LogP contribution in [-0.4, -0.2) is 17.0 Å². The average Bonchev–Trinajstić information content (AvgIpc) is 2.99. The number of pyridine rings is 1. The predicted molar refractivity (Wildman–Crippen MR) is 65.1 cm³/mol. The molecule has 17 heavy (non-hydrogen) atoms. The lowest BCUT2D eigenvalue weighted by Crippen LogP contribution is -2.18. The van der Waals surface area contributed by atoms with E-state index in [1.165, 1.54) is 0 Å². The number of amides is 1. The maximum atomic E-state index is 11.3. The first-order valence-electron chi connectivity index (χ1n) is 5.85. The van der Waals surface area contributed by atoms with Crippen LogP contribution in [0.1, 0.15) is 49.7 Å². The summed E-state index contributed by atoms with van der Waals surface area (Å²) in [6.45, 7) is 6.28. The summed E-state index contributed by atoms with van der Waals surface area (Å²) in [5, 5.41) is 0. The van der Waals surface area contributed by atoms with Crippen LogP contribution >= 0.6 is 0 Å². The number of carbonyl (C=O) groups excluding carboxylic acids is 1. The molecule has 4 nitrogen and oxygen atoms in total. The average molecular weight is 234 g/mol. The van der Waals surface area contributed by atoms with Gasteiger partial charge >= 0.3 is 0 Å². The lowest BCUT2D eigenvalue weighted by Gasteiger charge is -2.20. The van der Waals surface area contributed by atoms with Gasteiger partial charge in [-0.15, -0.1) is 0 Å². The summed E-state index contributed by atoms with van der Waals surface area (Å²) in [6.07, 6.45) is 4.00. The highest BCUT2D eigenvalue weighted by atomic mass is 16.5. The molecule has 0 saturated heterocycles. The Kier molecular flexibility index (Phi) is 2.81. The minimum Gasteiger partial charge on any atom is -0.488 e. The number of aromatic nitrogens is 1. The molecule has 1 aromatic heterocycles. The second kappa shape index (κ2) is 4.02. The Morgan fingerprint density at radius 2 is 2.12 bits per heavy atom. The van der Waals surface area contributed by atoms with E-state index in [9.17, 15) is 4.79 Å². The third kappa shape index (κ3) is 2.75. The molecule has 92 valence electrons. The molecule has 0 spiro atoms. The van der Waals surface area contributed by atoms with Crippen molar-refractivity contribution in [3.05, 3.63) is 23.5 Å². The second-order valence-corrected chi connectivity index (χ2v) is 5.50. The Labute approximate surface area is 101 Å². The van der Waals surface area contributed by atoms with Gasteiger partial charge < -0.3 is 10.5 Å². The van der Waals surface area contributed by atoms with Crippen molar-refractivity contribution in [2.75, 3.05) is 0 Å².